The van der Waals surface area contributed by atoms with Crippen LogP contribution in [0.1, 0.15) is 22.6 Å². The summed E-state index contributed by atoms with van der Waals surface area (Å²) in [4.78, 5) is 4.37. The van der Waals surface area contributed by atoms with Crippen LogP contribution in [-0.4, -0.2) is 28.2 Å². The topological polar surface area (TPSA) is 6.48 Å². The van der Waals surface area contributed by atoms with E-state index in [1.54, 1.807) is 0 Å². The first-order valence-corrected chi connectivity index (χ1v) is 12.6. The standard InChI is InChI=1S/C33H31ClN2/c1-35(2)32-21-19-28(25-9-5-7-11-30(25)32)27(18-15-23-13-16-24(34)17-14-23)29-20-22-33(36(3)4)31-12-8-6-10-26(29)31/h5-22,27H,1-4H3. The van der Waals surface area contributed by atoms with Crippen molar-refractivity contribution < 1.29 is 0 Å². The van der Waals surface area contributed by atoms with Crippen LogP contribution in [0, 0.1) is 0 Å². The van der Waals surface area contributed by atoms with Gasteiger partial charge in [0, 0.05) is 61.3 Å². The second kappa shape index (κ2) is 10.1. The number of anilines is 2. The Morgan fingerprint density at radius 3 is 1.44 bits per heavy atom. The molecule has 5 aromatic rings. The highest BCUT2D eigenvalue weighted by atomic mass is 35.5. The molecule has 0 amide bonds. The SMILES string of the molecule is CN(C)c1ccc(C(C=Cc2ccc(Cl)cc2)c2ccc(N(C)C)c3ccccc23)c2ccccc12. The third-order valence-electron chi connectivity index (χ3n) is 6.85. The third-order valence-corrected chi connectivity index (χ3v) is 7.11. The Morgan fingerprint density at radius 1 is 0.556 bits per heavy atom. The van der Waals surface area contributed by atoms with Gasteiger partial charge in [-0.2, -0.15) is 0 Å². The molecule has 0 spiro atoms. The van der Waals surface area contributed by atoms with E-state index < -0.39 is 0 Å². The predicted molar refractivity (Wildman–Crippen MR) is 159 cm³/mol. The molecule has 180 valence electrons. The fraction of sp³-hybridized carbons (Fsp3) is 0.152. The van der Waals surface area contributed by atoms with Crippen LogP contribution in [0.4, 0.5) is 11.4 Å². The van der Waals surface area contributed by atoms with Gasteiger partial charge >= 0.3 is 0 Å². The molecule has 5 aromatic carbocycles. The summed E-state index contributed by atoms with van der Waals surface area (Å²) in [5.41, 5.74) is 6.17. The summed E-state index contributed by atoms with van der Waals surface area (Å²) in [5, 5.41) is 5.82. The van der Waals surface area contributed by atoms with Crippen molar-refractivity contribution in [3.8, 4) is 0 Å². The minimum Gasteiger partial charge on any atom is -0.377 e. The van der Waals surface area contributed by atoms with Gasteiger partial charge in [0.1, 0.15) is 0 Å². The number of hydrogen-bond donors (Lipinski definition) is 0. The first kappa shape index (κ1) is 24.0. The quantitative estimate of drug-likeness (QED) is 0.235. The maximum atomic E-state index is 6.15. The van der Waals surface area contributed by atoms with Gasteiger partial charge in [0.15, 0.2) is 0 Å². The average Bonchev–Trinajstić information content (AvgIpc) is 2.89. The van der Waals surface area contributed by atoms with Crippen molar-refractivity contribution in [1.82, 2.24) is 0 Å². The zero-order valence-corrected chi connectivity index (χ0v) is 22.0. The van der Waals surface area contributed by atoms with Gasteiger partial charge in [0.2, 0.25) is 0 Å². The first-order valence-electron chi connectivity index (χ1n) is 12.3. The number of halogens is 1. The van der Waals surface area contributed by atoms with E-state index in [-0.39, 0.29) is 5.92 Å². The van der Waals surface area contributed by atoms with Crippen LogP contribution in [0.5, 0.6) is 0 Å². The van der Waals surface area contributed by atoms with Crippen molar-refractivity contribution in [2.75, 3.05) is 38.0 Å². The number of fused-ring (bicyclic) bond motifs is 2. The molecule has 0 aromatic heterocycles. The van der Waals surface area contributed by atoms with Crippen molar-refractivity contribution in [2.24, 2.45) is 0 Å². The zero-order valence-electron chi connectivity index (χ0n) is 21.2. The lowest BCUT2D eigenvalue weighted by molar-refractivity contribution is 1.05. The highest BCUT2D eigenvalue weighted by Gasteiger charge is 2.19. The van der Waals surface area contributed by atoms with Gasteiger partial charge in [-0.1, -0.05) is 96.5 Å². The lowest BCUT2D eigenvalue weighted by atomic mass is 9.84. The van der Waals surface area contributed by atoms with Crippen LogP contribution in [-0.2, 0) is 0 Å². The van der Waals surface area contributed by atoms with Gasteiger partial charge in [-0.3, -0.25) is 0 Å². The van der Waals surface area contributed by atoms with Crippen molar-refractivity contribution >= 4 is 50.6 Å². The Morgan fingerprint density at radius 2 is 1.00 bits per heavy atom. The molecule has 0 N–H and O–H groups in total. The van der Waals surface area contributed by atoms with E-state index in [4.69, 9.17) is 11.6 Å². The smallest absolute Gasteiger partial charge is 0.0440 e. The average molecular weight is 491 g/mol. The lowest BCUT2D eigenvalue weighted by Crippen LogP contribution is -2.11. The number of benzene rings is 5. The Bertz CT molecular complexity index is 1460. The summed E-state index contributed by atoms with van der Waals surface area (Å²) in [6.45, 7) is 0. The molecule has 0 fully saturated rings. The Hall–Kier alpha value is -3.75. The molecular weight excluding hydrogens is 460 g/mol. The largest absolute Gasteiger partial charge is 0.377 e. The van der Waals surface area contributed by atoms with Crippen molar-refractivity contribution in [3.05, 3.63) is 125 Å². The van der Waals surface area contributed by atoms with Gasteiger partial charge in [-0.15, -0.1) is 0 Å². The minimum absolute atomic E-state index is 0.0721. The summed E-state index contributed by atoms with van der Waals surface area (Å²) >= 11 is 6.15. The molecule has 0 radical (unpaired) electrons. The molecular formula is C33H31ClN2. The molecule has 0 heterocycles. The molecule has 0 saturated heterocycles. The highest BCUT2D eigenvalue weighted by Crippen LogP contribution is 2.40. The molecule has 3 heteroatoms. The third kappa shape index (κ3) is 4.57. The van der Waals surface area contributed by atoms with E-state index in [0.29, 0.717) is 0 Å². The molecule has 2 nitrogen and oxygen atoms in total. The first-order chi connectivity index (χ1) is 17.4. The van der Waals surface area contributed by atoms with E-state index in [1.165, 1.54) is 44.0 Å². The van der Waals surface area contributed by atoms with Crippen LogP contribution in [0.15, 0.2) is 103 Å². The van der Waals surface area contributed by atoms with Gasteiger partial charge in [-0.05, 0) is 51.7 Å². The lowest BCUT2D eigenvalue weighted by Gasteiger charge is -2.24. The van der Waals surface area contributed by atoms with E-state index in [1.807, 2.05) is 12.1 Å². The van der Waals surface area contributed by atoms with Crippen LogP contribution >= 0.6 is 11.6 Å². The zero-order chi connectivity index (χ0) is 25.2. The van der Waals surface area contributed by atoms with Crippen molar-refractivity contribution in [1.29, 1.82) is 0 Å². The van der Waals surface area contributed by atoms with Crippen LogP contribution < -0.4 is 9.80 Å². The Balaban J connectivity index is 1.77. The fourth-order valence-corrected chi connectivity index (χ4v) is 5.22. The van der Waals surface area contributed by atoms with E-state index >= 15 is 0 Å². The molecule has 0 aliphatic heterocycles. The molecule has 0 saturated carbocycles. The van der Waals surface area contributed by atoms with Crippen LogP contribution in [0.3, 0.4) is 0 Å². The number of nitrogens with zero attached hydrogens (tertiary/aromatic N) is 2. The van der Waals surface area contributed by atoms with Gasteiger partial charge in [-0.25, -0.2) is 0 Å². The van der Waals surface area contributed by atoms with E-state index in [9.17, 15) is 0 Å². The summed E-state index contributed by atoms with van der Waals surface area (Å²) in [5.74, 6) is 0.0721. The monoisotopic (exact) mass is 490 g/mol. The van der Waals surface area contributed by atoms with E-state index in [2.05, 4.69) is 135 Å². The highest BCUT2D eigenvalue weighted by molar-refractivity contribution is 6.30. The number of allylic oxidation sites excluding steroid dienone is 1. The fourth-order valence-electron chi connectivity index (χ4n) is 5.09. The molecule has 0 aliphatic carbocycles. The Kier molecular flexibility index (Phi) is 6.71. The van der Waals surface area contributed by atoms with Crippen molar-refractivity contribution in [3.63, 3.8) is 0 Å². The molecule has 5 rings (SSSR count). The molecule has 0 unspecified atom stereocenters. The van der Waals surface area contributed by atoms with Gasteiger partial charge in [0.25, 0.3) is 0 Å². The number of rotatable bonds is 6. The Labute approximate surface area is 219 Å². The summed E-state index contributed by atoms with van der Waals surface area (Å²) in [6, 6.07) is 34.6. The maximum Gasteiger partial charge on any atom is 0.0440 e. The summed E-state index contributed by atoms with van der Waals surface area (Å²) < 4.78 is 0. The van der Waals surface area contributed by atoms with Gasteiger partial charge in [0.05, 0.1) is 0 Å². The van der Waals surface area contributed by atoms with Crippen LogP contribution in [0.2, 0.25) is 5.02 Å². The second-order valence-electron chi connectivity index (χ2n) is 9.62. The molecule has 0 bridgehead atoms. The van der Waals surface area contributed by atoms with Gasteiger partial charge < -0.3 is 9.80 Å². The maximum absolute atomic E-state index is 6.15. The van der Waals surface area contributed by atoms with E-state index in [0.717, 1.165) is 10.6 Å². The van der Waals surface area contributed by atoms with Crippen LogP contribution in [0.25, 0.3) is 27.6 Å². The minimum atomic E-state index is 0.0721. The summed E-state index contributed by atoms with van der Waals surface area (Å²) in [6.07, 6.45) is 4.54. The van der Waals surface area contributed by atoms with Crippen molar-refractivity contribution in [2.45, 2.75) is 5.92 Å². The second-order valence-corrected chi connectivity index (χ2v) is 10.1. The normalized spacial score (nSPS) is 11.6. The molecule has 36 heavy (non-hydrogen) atoms. The predicted octanol–water partition coefficient (Wildman–Crippen LogP) is 8.62. The number of hydrogen-bond acceptors (Lipinski definition) is 2. The molecule has 0 aliphatic rings. The molecule has 0 atom stereocenters. The summed E-state index contributed by atoms with van der Waals surface area (Å²) in [7, 11) is 8.42.